The van der Waals surface area contributed by atoms with Crippen molar-refractivity contribution in [3.63, 3.8) is 0 Å². The first-order valence-electron chi connectivity index (χ1n) is 9.91. The van der Waals surface area contributed by atoms with Crippen molar-refractivity contribution in [2.75, 3.05) is 12.4 Å². The van der Waals surface area contributed by atoms with Crippen LogP contribution >= 0.6 is 0 Å². The molecular formula is C23H22FN5O2. The lowest BCUT2D eigenvalue weighted by atomic mass is 10.1. The number of rotatable bonds is 6. The van der Waals surface area contributed by atoms with Crippen molar-refractivity contribution in [2.24, 2.45) is 7.05 Å². The second kappa shape index (κ2) is 8.51. The molecule has 158 valence electrons. The Bertz CT molecular complexity index is 1250. The van der Waals surface area contributed by atoms with Gasteiger partial charge in [0.1, 0.15) is 11.6 Å². The molecule has 0 fully saturated rings. The van der Waals surface area contributed by atoms with Crippen molar-refractivity contribution in [3.8, 4) is 11.4 Å². The average Bonchev–Trinajstić information content (AvgIpc) is 3.13. The number of halogens is 1. The van der Waals surface area contributed by atoms with Gasteiger partial charge >= 0.3 is 5.97 Å². The SMILES string of the molecule is CCc1nn(C)c2nc(-c3ccc(C(=O)OC)cc3)nc(NCc3ccccc3F)c12. The Kier molecular flexibility index (Phi) is 5.62. The van der Waals surface area contributed by atoms with E-state index in [1.54, 1.807) is 47.1 Å². The standard InChI is InChI=1S/C23H22FN5O2/c1-4-18-19-21(25-13-16-7-5-6-8-17(16)24)26-20(27-22(19)29(2)28-18)14-9-11-15(12-10-14)23(30)31-3/h5-12H,4,13H2,1-3H3,(H,25,26,27). The van der Waals surface area contributed by atoms with Gasteiger partial charge in [-0.15, -0.1) is 0 Å². The monoisotopic (exact) mass is 419 g/mol. The summed E-state index contributed by atoms with van der Waals surface area (Å²) in [5.74, 6) is 0.381. The number of carbonyl (C=O) groups is 1. The molecule has 2 heterocycles. The maximum atomic E-state index is 14.1. The summed E-state index contributed by atoms with van der Waals surface area (Å²) >= 11 is 0. The van der Waals surface area contributed by atoms with E-state index in [-0.39, 0.29) is 12.4 Å². The van der Waals surface area contributed by atoms with E-state index >= 15 is 0 Å². The van der Waals surface area contributed by atoms with Crippen LogP contribution in [0.15, 0.2) is 48.5 Å². The maximum Gasteiger partial charge on any atom is 0.337 e. The fraction of sp³-hybridized carbons (Fsp3) is 0.217. The Hall–Kier alpha value is -3.81. The summed E-state index contributed by atoms with van der Waals surface area (Å²) in [6.07, 6.45) is 0.711. The quantitative estimate of drug-likeness (QED) is 0.473. The molecule has 4 aromatic rings. The molecule has 0 radical (unpaired) electrons. The summed E-state index contributed by atoms with van der Waals surface area (Å²) < 4.78 is 20.6. The number of hydrogen-bond donors (Lipinski definition) is 1. The van der Waals surface area contributed by atoms with Crippen LogP contribution in [0, 0.1) is 5.82 Å². The van der Waals surface area contributed by atoms with E-state index in [1.807, 2.05) is 14.0 Å². The number of anilines is 1. The molecule has 2 aromatic heterocycles. The van der Waals surface area contributed by atoms with Crippen molar-refractivity contribution in [3.05, 3.63) is 71.2 Å². The summed E-state index contributed by atoms with van der Waals surface area (Å²) in [6.45, 7) is 2.29. The predicted octanol–water partition coefficient (Wildman–Crippen LogP) is 4.13. The van der Waals surface area contributed by atoms with Crippen molar-refractivity contribution < 1.29 is 13.9 Å². The summed E-state index contributed by atoms with van der Waals surface area (Å²) in [4.78, 5) is 21.1. The number of nitrogens with zero attached hydrogens (tertiary/aromatic N) is 4. The number of carbonyl (C=O) groups excluding carboxylic acids is 1. The van der Waals surface area contributed by atoms with Crippen molar-refractivity contribution in [1.82, 2.24) is 19.7 Å². The van der Waals surface area contributed by atoms with Gasteiger partial charge in [0.25, 0.3) is 0 Å². The highest BCUT2D eigenvalue weighted by Gasteiger charge is 2.18. The van der Waals surface area contributed by atoms with Gasteiger partial charge in [-0.25, -0.2) is 23.8 Å². The normalized spacial score (nSPS) is 11.0. The Labute approximate surface area is 178 Å². The Morgan fingerprint density at radius 3 is 2.55 bits per heavy atom. The molecule has 0 aliphatic carbocycles. The van der Waals surface area contributed by atoms with Crippen molar-refractivity contribution >= 4 is 22.8 Å². The van der Waals surface area contributed by atoms with E-state index in [4.69, 9.17) is 14.7 Å². The number of ether oxygens (including phenoxy) is 1. The van der Waals surface area contributed by atoms with Crippen LogP contribution in [0.25, 0.3) is 22.4 Å². The first-order chi connectivity index (χ1) is 15.0. The van der Waals surface area contributed by atoms with Crippen LogP contribution in [-0.4, -0.2) is 32.8 Å². The second-order valence-electron chi connectivity index (χ2n) is 7.03. The van der Waals surface area contributed by atoms with Gasteiger partial charge in [0.2, 0.25) is 0 Å². The molecule has 0 saturated carbocycles. The zero-order valence-corrected chi connectivity index (χ0v) is 17.5. The van der Waals surface area contributed by atoms with Gasteiger partial charge in [0, 0.05) is 24.7 Å². The van der Waals surface area contributed by atoms with Gasteiger partial charge in [-0.05, 0) is 24.6 Å². The molecule has 0 aliphatic heterocycles. The minimum atomic E-state index is -0.408. The summed E-state index contributed by atoms with van der Waals surface area (Å²) in [5.41, 5.74) is 3.26. The number of nitrogens with one attached hydrogen (secondary N) is 1. The number of methoxy groups -OCH3 is 1. The Morgan fingerprint density at radius 2 is 1.87 bits per heavy atom. The molecule has 0 spiro atoms. The number of hydrogen-bond acceptors (Lipinski definition) is 6. The number of aromatic nitrogens is 4. The third-order valence-corrected chi connectivity index (χ3v) is 5.06. The topological polar surface area (TPSA) is 81.9 Å². The van der Waals surface area contributed by atoms with Crippen LogP contribution in [0.5, 0.6) is 0 Å². The van der Waals surface area contributed by atoms with Gasteiger partial charge in [-0.1, -0.05) is 37.3 Å². The van der Waals surface area contributed by atoms with E-state index in [9.17, 15) is 9.18 Å². The molecule has 0 bridgehead atoms. The van der Waals surface area contributed by atoms with Crippen molar-refractivity contribution in [1.29, 1.82) is 0 Å². The molecule has 31 heavy (non-hydrogen) atoms. The van der Waals surface area contributed by atoms with Gasteiger partial charge in [0.15, 0.2) is 11.5 Å². The smallest absolute Gasteiger partial charge is 0.337 e. The molecule has 0 aliphatic rings. The molecule has 0 atom stereocenters. The molecule has 8 heteroatoms. The third-order valence-electron chi connectivity index (χ3n) is 5.06. The highest BCUT2D eigenvalue weighted by atomic mass is 19.1. The molecule has 7 nitrogen and oxygen atoms in total. The van der Waals surface area contributed by atoms with Gasteiger partial charge in [-0.3, -0.25) is 0 Å². The Morgan fingerprint density at radius 1 is 1.13 bits per heavy atom. The molecular weight excluding hydrogens is 397 g/mol. The van der Waals surface area contributed by atoms with Crippen LogP contribution in [-0.2, 0) is 24.8 Å². The zero-order valence-electron chi connectivity index (χ0n) is 17.5. The fourth-order valence-corrected chi connectivity index (χ4v) is 3.43. The van der Waals surface area contributed by atoms with E-state index in [2.05, 4.69) is 10.4 Å². The van der Waals surface area contributed by atoms with E-state index in [0.29, 0.717) is 34.8 Å². The predicted molar refractivity (Wildman–Crippen MR) is 116 cm³/mol. The minimum absolute atomic E-state index is 0.275. The lowest BCUT2D eigenvalue weighted by molar-refractivity contribution is 0.0600. The lowest BCUT2D eigenvalue weighted by Gasteiger charge is -2.11. The first kappa shape index (κ1) is 20.5. The largest absolute Gasteiger partial charge is 0.465 e. The summed E-state index contributed by atoms with van der Waals surface area (Å²) in [6, 6.07) is 13.5. The molecule has 1 N–H and O–H groups in total. The fourth-order valence-electron chi connectivity index (χ4n) is 3.43. The van der Waals surface area contributed by atoms with Gasteiger partial charge in [0.05, 0.1) is 23.8 Å². The van der Waals surface area contributed by atoms with Crippen LogP contribution in [0.1, 0.15) is 28.5 Å². The molecule has 2 aromatic carbocycles. The Balaban J connectivity index is 1.78. The average molecular weight is 419 g/mol. The lowest BCUT2D eigenvalue weighted by Crippen LogP contribution is -2.06. The van der Waals surface area contributed by atoms with E-state index in [0.717, 1.165) is 16.6 Å². The number of aryl methyl sites for hydroxylation is 2. The first-order valence-corrected chi connectivity index (χ1v) is 9.91. The summed E-state index contributed by atoms with van der Waals surface area (Å²) in [7, 11) is 3.17. The molecule has 0 saturated heterocycles. The van der Waals surface area contributed by atoms with E-state index in [1.165, 1.54) is 13.2 Å². The summed E-state index contributed by atoms with van der Waals surface area (Å²) in [5, 5.41) is 8.64. The number of fused-ring (bicyclic) bond motifs is 1. The van der Waals surface area contributed by atoms with E-state index < -0.39 is 5.97 Å². The maximum absolute atomic E-state index is 14.1. The second-order valence-corrected chi connectivity index (χ2v) is 7.03. The van der Waals surface area contributed by atoms with Crippen LogP contribution in [0.3, 0.4) is 0 Å². The zero-order chi connectivity index (χ0) is 22.0. The highest BCUT2D eigenvalue weighted by molar-refractivity contribution is 5.92. The number of esters is 1. The number of benzene rings is 2. The molecule has 0 unspecified atom stereocenters. The minimum Gasteiger partial charge on any atom is -0.465 e. The van der Waals surface area contributed by atoms with Gasteiger partial charge in [-0.2, -0.15) is 5.10 Å². The molecule has 4 rings (SSSR count). The van der Waals surface area contributed by atoms with Crippen LogP contribution < -0.4 is 5.32 Å². The van der Waals surface area contributed by atoms with Crippen molar-refractivity contribution in [2.45, 2.75) is 19.9 Å². The van der Waals surface area contributed by atoms with Crippen LogP contribution in [0.2, 0.25) is 0 Å². The molecule has 0 amide bonds. The highest BCUT2D eigenvalue weighted by Crippen LogP contribution is 2.28. The third kappa shape index (κ3) is 3.96. The van der Waals surface area contributed by atoms with Crippen LogP contribution in [0.4, 0.5) is 10.2 Å². The van der Waals surface area contributed by atoms with Gasteiger partial charge < -0.3 is 10.1 Å².